The van der Waals surface area contributed by atoms with E-state index >= 15 is 0 Å². The Labute approximate surface area is 176 Å². The van der Waals surface area contributed by atoms with E-state index in [1.807, 2.05) is 24.3 Å². The van der Waals surface area contributed by atoms with Crippen molar-refractivity contribution < 1.29 is 18.6 Å². The van der Waals surface area contributed by atoms with Gasteiger partial charge in [-0.1, -0.05) is 12.1 Å². The number of ether oxygens (including phenoxy) is 3. The number of methoxy groups -OCH3 is 3. The highest BCUT2D eigenvalue weighted by molar-refractivity contribution is 5.51. The van der Waals surface area contributed by atoms with Crippen molar-refractivity contribution in [2.75, 3.05) is 27.9 Å². The van der Waals surface area contributed by atoms with E-state index in [-0.39, 0.29) is 11.9 Å². The van der Waals surface area contributed by atoms with E-state index in [0.717, 1.165) is 36.4 Å². The van der Waals surface area contributed by atoms with E-state index in [4.69, 9.17) is 14.2 Å². The van der Waals surface area contributed by atoms with Crippen LogP contribution in [0.4, 0.5) is 4.39 Å². The van der Waals surface area contributed by atoms with Gasteiger partial charge < -0.3 is 18.8 Å². The molecular formula is C24H27FN2O3. The third-order valence-corrected chi connectivity index (χ3v) is 5.70. The van der Waals surface area contributed by atoms with Gasteiger partial charge in [0, 0.05) is 43.2 Å². The maximum Gasteiger partial charge on any atom is 0.164 e. The molecule has 1 aliphatic heterocycles. The van der Waals surface area contributed by atoms with Gasteiger partial charge in [-0.2, -0.15) is 0 Å². The number of aryl methyl sites for hydroxylation is 1. The van der Waals surface area contributed by atoms with Crippen molar-refractivity contribution in [1.82, 2.24) is 9.47 Å². The minimum atomic E-state index is -0.226. The number of nitrogens with zero attached hydrogens (tertiary/aromatic N) is 2. The highest BCUT2D eigenvalue weighted by atomic mass is 19.1. The molecular weight excluding hydrogens is 383 g/mol. The van der Waals surface area contributed by atoms with Crippen LogP contribution in [0.15, 0.2) is 54.7 Å². The Kier molecular flexibility index (Phi) is 5.95. The van der Waals surface area contributed by atoms with Crippen molar-refractivity contribution in [3.8, 4) is 17.2 Å². The molecule has 0 radical (unpaired) electrons. The molecule has 1 atom stereocenters. The molecule has 0 fully saturated rings. The Morgan fingerprint density at radius 1 is 0.900 bits per heavy atom. The maximum atomic E-state index is 13.6. The molecule has 0 spiro atoms. The van der Waals surface area contributed by atoms with Gasteiger partial charge in [0.05, 0.1) is 27.4 Å². The van der Waals surface area contributed by atoms with Crippen LogP contribution in [0, 0.1) is 5.82 Å². The molecule has 0 aliphatic carbocycles. The highest BCUT2D eigenvalue weighted by Gasteiger charge is 2.28. The minimum absolute atomic E-state index is 0.0147. The molecule has 30 heavy (non-hydrogen) atoms. The van der Waals surface area contributed by atoms with Crippen LogP contribution >= 0.6 is 0 Å². The molecule has 0 saturated heterocycles. The molecule has 158 valence electrons. The van der Waals surface area contributed by atoms with Gasteiger partial charge in [-0.25, -0.2) is 4.39 Å². The average Bonchev–Trinajstić information content (AvgIpc) is 3.15. The van der Waals surface area contributed by atoms with Crippen molar-refractivity contribution in [2.24, 2.45) is 0 Å². The lowest BCUT2D eigenvalue weighted by molar-refractivity contribution is 0.216. The summed E-state index contributed by atoms with van der Waals surface area (Å²) in [4.78, 5) is 2.41. The predicted molar refractivity (Wildman–Crippen MR) is 114 cm³/mol. The molecule has 3 aromatic rings. The van der Waals surface area contributed by atoms with Crippen LogP contribution in [0.2, 0.25) is 0 Å². The smallest absolute Gasteiger partial charge is 0.164 e. The highest BCUT2D eigenvalue weighted by Crippen LogP contribution is 2.38. The summed E-state index contributed by atoms with van der Waals surface area (Å²) in [6.45, 7) is 2.53. The molecule has 0 saturated carbocycles. The molecule has 5 nitrogen and oxygen atoms in total. The van der Waals surface area contributed by atoms with E-state index in [2.05, 4.69) is 27.8 Å². The normalized spacial score (nSPS) is 16.6. The number of halogens is 1. The Morgan fingerprint density at radius 2 is 1.60 bits per heavy atom. The van der Waals surface area contributed by atoms with E-state index < -0.39 is 0 Å². The molecule has 1 unspecified atom stereocenters. The van der Waals surface area contributed by atoms with Crippen LogP contribution in [0.5, 0.6) is 17.2 Å². The molecule has 0 bridgehead atoms. The van der Waals surface area contributed by atoms with Gasteiger partial charge in [-0.3, -0.25) is 4.90 Å². The number of hydrogen-bond acceptors (Lipinski definition) is 4. The molecule has 1 aromatic heterocycles. The largest absolute Gasteiger partial charge is 0.496 e. The monoisotopic (exact) mass is 410 g/mol. The summed E-state index contributed by atoms with van der Waals surface area (Å²) in [6.07, 6.45) is 3.14. The second kappa shape index (κ2) is 8.79. The van der Waals surface area contributed by atoms with E-state index in [1.165, 1.54) is 17.8 Å². The number of hydrogen-bond donors (Lipinski definition) is 0. The first kappa shape index (κ1) is 20.3. The quantitative estimate of drug-likeness (QED) is 0.593. The second-order valence-corrected chi connectivity index (χ2v) is 7.42. The van der Waals surface area contributed by atoms with Gasteiger partial charge >= 0.3 is 0 Å². The van der Waals surface area contributed by atoms with Gasteiger partial charge in [-0.15, -0.1) is 0 Å². The zero-order chi connectivity index (χ0) is 21.1. The third kappa shape index (κ3) is 3.87. The summed E-state index contributed by atoms with van der Waals surface area (Å²) in [5.41, 5.74) is 3.29. The van der Waals surface area contributed by atoms with Crippen molar-refractivity contribution in [3.05, 3.63) is 77.4 Å². The van der Waals surface area contributed by atoms with Crippen LogP contribution < -0.4 is 14.2 Å². The standard InChI is InChI=1S/C24H27FN2O3/c1-28-21-15-23(30-3)22(29-2)14-18(21)16-27-13-5-12-26-11-4-6-20(26)24(27)17-7-9-19(25)10-8-17/h4,6-11,14-15,24H,5,12-13,16H2,1-3H3. The van der Waals surface area contributed by atoms with Crippen molar-refractivity contribution in [2.45, 2.75) is 25.6 Å². The van der Waals surface area contributed by atoms with Gasteiger partial charge in [0.1, 0.15) is 11.6 Å². The maximum absolute atomic E-state index is 13.6. The number of fused-ring (bicyclic) bond motifs is 1. The lowest BCUT2D eigenvalue weighted by Gasteiger charge is -2.31. The van der Waals surface area contributed by atoms with Gasteiger partial charge in [0.25, 0.3) is 0 Å². The van der Waals surface area contributed by atoms with Crippen molar-refractivity contribution in [1.29, 1.82) is 0 Å². The van der Waals surface area contributed by atoms with E-state index in [1.54, 1.807) is 21.3 Å². The lowest BCUT2D eigenvalue weighted by atomic mass is 10.0. The molecule has 6 heteroatoms. The van der Waals surface area contributed by atoms with Crippen LogP contribution in [0.3, 0.4) is 0 Å². The number of rotatable bonds is 6. The second-order valence-electron chi connectivity index (χ2n) is 7.42. The molecule has 2 heterocycles. The van der Waals surface area contributed by atoms with E-state index in [9.17, 15) is 4.39 Å². The van der Waals surface area contributed by atoms with Crippen molar-refractivity contribution >= 4 is 0 Å². The van der Waals surface area contributed by atoms with Gasteiger partial charge in [-0.05, 0) is 42.3 Å². The van der Waals surface area contributed by atoms with Gasteiger partial charge in [0.2, 0.25) is 0 Å². The summed E-state index contributed by atoms with van der Waals surface area (Å²) in [6, 6.07) is 14.9. The number of aromatic nitrogens is 1. The van der Waals surface area contributed by atoms with Crippen LogP contribution in [-0.4, -0.2) is 37.3 Å². The molecule has 1 aliphatic rings. The zero-order valence-corrected chi connectivity index (χ0v) is 17.6. The molecule has 2 aromatic carbocycles. The summed E-state index contributed by atoms with van der Waals surface area (Å²) in [5.74, 6) is 1.84. The summed E-state index contributed by atoms with van der Waals surface area (Å²) in [7, 11) is 4.91. The number of benzene rings is 2. The van der Waals surface area contributed by atoms with Crippen LogP contribution in [0.1, 0.15) is 29.3 Å². The first-order valence-corrected chi connectivity index (χ1v) is 10.1. The average molecular weight is 410 g/mol. The predicted octanol–water partition coefficient (Wildman–Crippen LogP) is 4.65. The minimum Gasteiger partial charge on any atom is -0.496 e. The topological polar surface area (TPSA) is 35.9 Å². The Balaban J connectivity index is 1.76. The molecule has 4 rings (SSSR count). The lowest BCUT2D eigenvalue weighted by Crippen LogP contribution is -2.29. The summed E-state index contributed by atoms with van der Waals surface area (Å²) >= 11 is 0. The summed E-state index contributed by atoms with van der Waals surface area (Å²) < 4.78 is 32.5. The zero-order valence-electron chi connectivity index (χ0n) is 17.6. The fraction of sp³-hybridized carbons (Fsp3) is 0.333. The molecule has 0 N–H and O–H groups in total. The van der Waals surface area contributed by atoms with Crippen LogP contribution in [-0.2, 0) is 13.1 Å². The van der Waals surface area contributed by atoms with Gasteiger partial charge in [0.15, 0.2) is 11.5 Å². The fourth-order valence-corrected chi connectivity index (χ4v) is 4.27. The Hall–Kier alpha value is -2.99. The third-order valence-electron chi connectivity index (χ3n) is 5.70. The van der Waals surface area contributed by atoms with Crippen LogP contribution in [0.25, 0.3) is 0 Å². The summed E-state index contributed by atoms with van der Waals surface area (Å²) in [5, 5.41) is 0. The Bertz CT molecular complexity index is 1000. The Morgan fingerprint density at radius 3 is 2.30 bits per heavy atom. The first-order chi connectivity index (χ1) is 14.6. The first-order valence-electron chi connectivity index (χ1n) is 10.1. The van der Waals surface area contributed by atoms with E-state index in [0.29, 0.717) is 18.0 Å². The SMILES string of the molecule is COc1cc(OC)c(OC)cc1CN1CCCn2cccc2C1c1ccc(F)cc1. The molecule has 0 amide bonds. The fourth-order valence-electron chi connectivity index (χ4n) is 4.27. The van der Waals surface area contributed by atoms with Crippen molar-refractivity contribution in [3.63, 3.8) is 0 Å².